The molecule has 2 rings (SSSR count). The summed E-state index contributed by atoms with van der Waals surface area (Å²) in [6.07, 6.45) is 1.59. The van der Waals surface area contributed by atoms with Crippen molar-refractivity contribution in [3.05, 3.63) is 22.4 Å². The summed E-state index contributed by atoms with van der Waals surface area (Å²) in [6, 6.07) is 2.43. The van der Waals surface area contributed by atoms with Gasteiger partial charge in [0.25, 0.3) is 0 Å². The molecule has 2 N–H and O–H groups in total. The number of guanidine groups is 1. The first-order valence-electron chi connectivity index (χ1n) is 7.63. The van der Waals surface area contributed by atoms with E-state index < -0.39 is 0 Å². The molecule has 1 saturated heterocycles. The third kappa shape index (κ3) is 6.54. The highest BCUT2D eigenvalue weighted by atomic mass is 127. The van der Waals surface area contributed by atoms with Gasteiger partial charge in [0.2, 0.25) is 0 Å². The summed E-state index contributed by atoms with van der Waals surface area (Å²) in [5.41, 5.74) is 1.25. The molecule has 0 radical (unpaired) electrons. The fourth-order valence-corrected chi connectivity index (χ4v) is 3.06. The lowest BCUT2D eigenvalue weighted by atomic mass is 10.1. The molecular weight excluding hydrogens is 427 g/mol. The average molecular weight is 452 g/mol. The molecule has 1 aromatic heterocycles. The Kier molecular flexibility index (Phi) is 9.30. The summed E-state index contributed by atoms with van der Waals surface area (Å²) in [4.78, 5) is 17.7. The van der Waals surface area contributed by atoms with E-state index >= 15 is 0 Å². The molecule has 23 heavy (non-hydrogen) atoms. The van der Waals surface area contributed by atoms with E-state index in [-0.39, 0.29) is 30.1 Å². The Hall–Kier alpha value is -1.03. The molecule has 1 amide bonds. The second kappa shape index (κ2) is 10.7. The number of piperidine rings is 1. The van der Waals surface area contributed by atoms with Crippen LogP contribution in [0.15, 0.2) is 21.8 Å². The Morgan fingerprint density at radius 2 is 2.22 bits per heavy atom. The van der Waals surface area contributed by atoms with Gasteiger partial charge in [-0.1, -0.05) is 0 Å². The maximum Gasteiger partial charge on any atom is 0.409 e. The van der Waals surface area contributed by atoms with Gasteiger partial charge in [0.05, 0.1) is 6.61 Å². The molecular formula is C15H25IN4O2S. The van der Waals surface area contributed by atoms with Crippen LogP contribution in [0.4, 0.5) is 4.79 Å². The smallest absolute Gasteiger partial charge is 0.409 e. The number of halogens is 1. The van der Waals surface area contributed by atoms with E-state index in [1.165, 1.54) is 5.56 Å². The van der Waals surface area contributed by atoms with Gasteiger partial charge in [-0.15, -0.1) is 24.0 Å². The molecule has 0 unspecified atom stereocenters. The number of likely N-dealkylation sites (tertiary alicyclic amines) is 1. The minimum atomic E-state index is -0.207. The van der Waals surface area contributed by atoms with Gasteiger partial charge in [-0.05, 0) is 42.2 Å². The zero-order valence-corrected chi connectivity index (χ0v) is 16.7. The third-order valence-electron chi connectivity index (χ3n) is 3.63. The molecule has 130 valence electrons. The van der Waals surface area contributed by atoms with E-state index in [1.807, 2.05) is 6.92 Å². The fraction of sp³-hybridized carbons (Fsp3) is 0.600. The number of nitrogens with zero attached hydrogens (tertiary/aromatic N) is 2. The molecule has 0 aliphatic carbocycles. The Morgan fingerprint density at radius 1 is 1.48 bits per heavy atom. The number of hydrogen-bond donors (Lipinski definition) is 2. The number of nitrogens with one attached hydrogen (secondary N) is 2. The standard InChI is InChI=1S/C15H24N4O2S.HI/c1-3-21-15(20)19-7-4-13(5-8-19)18-14(16-2)17-10-12-6-9-22-11-12;/h6,9,11,13H,3-5,7-8,10H2,1-2H3,(H2,16,17,18);1H. The van der Waals surface area contributed by atoms with E-state index in [1.54, 1.807) is 23.3 Å². The highest BCUT2D eigenvalue weighted by molar-refractivity contribution is 14.0. The van der Waals surface area contributed by atoms with Crippen molar-refractivity contribution in [3.8, 4) is 0 Å². The first-order chi connectivity index (χ1) is 10.7. The Balaban J connectivity index is 0.00000264. The Labute approximate surface area is 158 Å². The molecule has 0 bridgehead atoms. The largest absolute Gasteiger partial charge is 0.450 e. The van der Waals surface area contributed by atoms with Gasteiger partial charge < -0.3 is 20.3 Å². The number of rotatable bonds is 4. The summed E-state index contributed by atoms with van der Waals surface area (Å²) in [7, 11) is 1.77. The zero-order chi connectivity index (χ0) is 15.8. The van der Waals surface area contributed by atoms with Crippen LogP contribution in [0.5, 0.6) is 0 Å². The van der Waals surface area contributed by atoms with Gasteiger partial charge in [0.15, 0.2) is 5.96 Å². The maximum absolute atomic E-state index is 11.7. The van der Waals surface area contributed by atoms with Crippen molar-refractivity contribution >= 4 is 47.4 Å². The Bertz CT molecular complexity index is 488. The summed E-state index contributed by atoms with van der Waals surface area (Å²) in [5.74, 6) is 0.806. The van der Waals surface area contributed by atoms with Crippen LogP contribution >= 0.6 is 35.3 Å². The van der Waals surface area contributed by atoms with Gasteiger partial charge in [-0.3, -0.25) is 4.99 Å². The van der Waals surface area contributed by atoms with Crippen molar-refractivity contribution in [1.82, 2.24) is 15.5 Å². The third-order valence-corrected chi connectivity index (χ3v) is 4.36. The highest BCUT2D eigenvalue weighted by Crippen LogP contribution is 2.11. The van der Waals surface area contributed by atoms with Crippen LogP contribution in [-0.4, -0.2) is 49.7 Å². The lowest BCUT2D eigenvalue weighted by Gasteiger charge is -2.32. The van der Waals surface area contributed by atoms with Gasteiger partial charge in [0, 0.05) is 32.7 Å². The molecule has 1 aromatic rings. The van der Waals surface area contributed by atoms with Crippen LogP contribution in [-0.2, 0) is 11.3 Å². The van der Waals surface area contributed by atoms with Crippen LogP contribution in [0, 0.1) is 0 Å². The summed E-state index contributed by atoms with van der Waals surface area (Å²) in [5, 5.41) is 10.9. The molecule has 0 saturated carbocycles. The minimum absolute atomic E-state index is 0. The molecule has 1 aliphatic rings. The second-order valence-electron chi connectivity index (χ2n) is 5.16. The minimum Gasteiger partial charge on any atom is -0.450 e. The maximum atomic E-state index is 11.7. The zero-order valence-electron chi connectivity index (χ0n) is 13.6. The van der Waals surface area contributed by atoms with Crippen LogP contribution < -0.4 is 10.6 Å². The van der Waals surface area contributed by atoms with E-state index in [2.05, 4.69) is 32.5 Å². The van der Waals surface area contributed by atoms with Crippen molar-refractivity contribution in [2.24, 2.45) is 4.99 Å². The van der Waals surface area contributed by atoms with E-state index in [9.17, 15) is 4.79 Å². The number of hydrogen-bond acceptors (Lipinski definition) is 4. The number of ether oxygens (including phenoxy) is 1. The van der Waals surface area contributed by atoms with Crippen molar-refractivity contribution in [2.45, 2.75) is 32.4 Å². The normalized spacial score (nSPS) is 15.7. The van der Waals surface area contributed by atoms with E-state index in [0.717, 1.165) is 38.4 Å². The number of aliphatic imine (C=N–C) groups is 1. The quantitative estimate of drug-likeness (QED) is 0.419. The number of carbonyl (C=O) groups is 1. The van der Waals surface area contributed by atoms with Crippen molar-refractivity contribution in [1.29, 1.82) is 0 Å². The van der Waals surface area contributed by atoms with Crippen LogP contribution in [0.25, 0.3) is 0 Å². The molecule has 0 atom stereocenters. The van der Waals surface area contributed by atoms with E-state index in [4.69, 9.17) is 4.74 Å². The molecule has 8 heteroatoms. The molecule has 0 aromatic carbocycles. The monoisotopic (exact) mass is 452 g/mol. The average Bonchev–Trinajstić information content (AvgIpc) is 3.05. The predicted octanol–water partition coefficient (Wildman–Crippen LogP) is 2.65. The van der Waals surface area contributed by atoms with Gasteiger partial charge in [-0.2, -0.15) is 11.3 Å². The van der Waals surface area contributed by atoms with Crippen molar-refractivity contribution in [3.63, 3.8) is 0 Å². The topological polar surface area (TPSA) is 66.0 Å². The highest BCUT2D eigenvalue weighted by Gasteiger charge is 2.23. The Morgan fingerprint density at radius 3 is 2.78 bits per heavy atom. The van der Waals surface area contributed by atoms with Crippen LogP contribution in [0.1, 0.15) is 25.3 Å². The number of carbonyl (C=O) groups excluding carboxylic acids is 1. The van der Waals surface area contributed by atoms with Crippen LogP contribution in [0.3, 0.4) is 0 Å². The predicted molar refractivity (Wildman–Crippen MR) is 105 cm³/mol. The summed E-state index contributed by atoms with van der Waals surface area (Å²) in [6.45, 7) is 4.46. The lowest BCUT2D eigenvalue weighted by Crippen LogP contribution is -2.49. The summed E-state index contributed by atoms with van der Waals surface area (Å²) < 4.78 is 5.03. The second-order valence-corrected chi connectivity index (χ2v) is 5.94. The molecule has 1 fully saturated rings. The molecule has 6 nitrogen and oxygen atoms in total. The molecule has 1 aliphatic heterocycles. The number of amides is 1. The van der Waals surface area contributed by atoms with Gasteiger partial charge >= 0.3 is 6.09 Å². The lowest BCUT2D eigenvalue weighted by molar-refractivity contribution is 0.0963. The molecule has 2 heterocycles. The number of thiophene rings is 1. The van der Waals surface area contributed by atoms with Crippen LogP contribution in [0.2, 0.25) is 0 Å². The van der Waals surface area contributed by atoms with Gasteiger partial charge in [-0.25, -0.2) is 4.79 Å². The first kappa shape index (κ1) is 20.0. The van der Waals surface area contributed by atoms with Gasteiger partial charge in [0.1, 0.15) is 0 Å². The van der Waals surface area contributed by atoms with Crippen molar-refractivity contribution in [2.75, 3.05) is 26.7 Å². The van der Waals surface area contributed by atoms with E-state index in [0.29, 0.717) is 12.6 Å². The first-order valence-corrected chi connectivity index (χ1v) is 8.57. The molecule has 0 spiro atoms. The summed E-state index contributed by atoms with van der Waals surface area (Å²) >= 11 is 1.69. The van der Waals surface area contributed by atoms with Crippen molar-refractivity contribution < 1.29 is 9.53 Å². The SMILES string of the molecule is CCOC(=O)N1CCC(NC(=NC)NCc2ccsc2)CC1.I. The fourth-order valence-electron chi connectivity index (χ4n) is 2.39.